The van der Waals surface area contributed by atoms with Gasteiger partial charge in [0.1, 0.15) is 0 Å². The second-order valence-electron chi connectivity index (χ2n) is 7.29. The molecule has 1 aromatic heterocycles. The molecule has 4 rings (SSSR count). The van der Waals surface area contributed by atoms with Crippen LogP contribution in [-0.2, 0) is 24.3 Å². The SMILES string of the molecule is CN1Cc2ccccc2CC2(CCN(Cc3ccoc3)CC2)C1=O. The lowest BCUT2D eigenvalue weighted by molar-refractivity contribution is -0.143. The fourth-order valence-electron chi connectivity index (χ4n) is 4.23. The number of hydrogen-bond donors (Lipinski definition) is 0. The Labute approximate surface area is 143 Å². The number of fused-ring (bicyclic) bond motifs is 1. The van der Waals surface area contributed by atoms with Crippen molar-refractivity contribution in [2.45, 2.75) is 32.4 Å². The Morgan fingerprint density at radius 3 is 2.58 bits per heavy atom. The molecule has 0 radical (unpaired) electrons. The fourth-order valence-corrected chi connectivity index (χ4v) is 4.23. The van der Waals surface area contributed by atoms with Gasteiger partial charge >= 0.3 is 0 Å². The first kappa shape index (κ1) is 15.5. The topological polar surface area (TPSA) is 36.7 Å². The Morgan fingerprint density at radius 1 is 1.12 bits per heavy atom. The van der Waals surface area contributed by atoms with Crippen LogP contribution in [0.2, 0.25) is 0 Å². The zero-order chi connectivity index (χ0) is 16.6. The highest BCUT2D eigenvalue weighted by molar-refractivity contribution is 5.83. The number of hydrogen-bond acceptors (Lipinski definition) is 3. The number of piperidine rings is 1. The van der Waals surface area contributed by atoms with Crippen LogP contribution in [0.3, 0.4) is 0 Å². The lowest BCUT2D eigenvalue weighted by Crippen LogP contribution is -2.49. The maximum Gasteiger partial charge on any atom is 0.229 e. The van der Waals surface area contributed by atoms with Crippen molar-refractivity contribution in [3.63, 3.8) is 0 Å². The van der Waals surface area contributed by atoms with Crippen molar-refractivity contribution < 1.29 is 9.21 Å². The minimum Gasteiger partial charge on any atom is -0.472 e. The first-order valence-corrected chi connectivity index (χ1v) is 8.72. The Balaban J connectivity index is 1.53. The third kappa shape index (κ3) is 2.75. The number of furan rings is 1. The molecule has 24 heavy (non-hydrogen) atoms. The molecule has 0 bridgehead atoms. The molecule has 2 aromatic rings. The maximum atomic E-state index is 13.1. The van der Waals surface area contributed by atoms with E-state index in [9.17, 15) is 4.79 Å². The lowest BCUT2D eigenvalue weighted by Gasteiger charge is -2.41. The summed E-state index contributed by atoms with van der Waals surface area (Å²) >= 11 is 0. The van der Waals surface area contributed by atoms with Gasteiger partial charge in [0.05, 0.1) is 17.9 Å². The average molecular weight is 324 g/mol. The zero-order valence-corrected chi connectivity index (χ0v) is 14.2. The fraction of sp³-hybridized carbons (Fsp3) is 0.450. The Hall–Kier alpha value is -2.07. The quantitative estimate of drug-likeness (QED) is 0.852. The number of amides is 1. The van der Waals surface area contributed by atoms with E-state index < -0.39 is 0 Å². The molecular weight excluding hydrogens is 300 g/mol. The van der Waals surface area contributed by atoms with Crippen molar-refractivity contribution in [3.8, 4) is 0 Å². The van der Waals surface area contributed by atoms with Gasteiger partial charge in [-0.25, -0.2) is 0 Å². The smallest absolute Gasteiger partial charge is 0.229 e. The molecule has 1 aromatic carbocycles. The summed E-state index contributed by atoms with van der Waals surface area (Å²) in [4.78, 5) is 17.5. The van der Waals surface area contributed by atoms with Gasteiger partial charge in [-0.2, -0.15) is 0 Å². The Morgan fingerprint density at radius 2 is 1.88 bits per heavy atom. The molecule has 0 atom stereocenters. The normalized spacial score (nSPS) is 20.9. The van der Waals surface area contributed by atoms with E-state index in [0.717, 1.165) is 45.4 Å². The van der Waals surface area contributed by atoms with E-state index in [4.69, 9.17) is 4.42 Å². The van der Waals surface area contributed by atoms with Gasteiger partial charge < -0.3 is 9.32 Å². The van der Waals surface area contributed by atoms with Crippen LogP contribution in [0.25, 0.3) is 0 Å². The molecule has 1 spiro atoms. The molecule has 2 aliphatic rings. The summed E-state index contributed by atoms with van der Waals surface area (Å²) in [5.41, 5.74) is 3.62. The van der Waals surface area contributed by atoms with E-state index in [1.165, 1.54) is 16.7 Å². The molecule has 0 aliphatic carbocycles. The molecule has 4 heteroatoms. The zero-order valence-electron chi connectivity index (χ0n) is 14.2. The number of carbonyl (C=O) groups excluding carboxylic acids is 1. The molecule has 1 amide bonds. The van der Waals surface area contributed by atoms with E-state index in [1.54, 1.807) is 6.26 Å². The van der Waals surface area contributed by atoms with Gasteiger partial charge in [0, 0.05) is 25.7 Å². The van der Waals surface area contributed by atoms with Gasteiger partial charge in [0.25, 0.3) is 0 Å². The standard InChI is InChI=1S/C20H24N2O2/c1-21-14-18-5-3-2-4-17(18)12-20(19(21)23)7-9-22(10-8-20)13-16-6-11-24-15-16/h2-6,11,15H,7-10,12-14H2,1H3. The van der Waals surface area contributed by atoms with Crippen molar-refractivity contribution in [2.24, 2.45) is 5.41 Å². The first-order chi connectivity index (χ1) is 11.7. The maximum absolute atomic E-state index is 13.1. The highest BCUT2D eigenvalue weighted by Gasteiger charge is 2.44. The van der Waals surface area contributed by atoms with Crippen molar-refractivity contribution in [3.05, 3.63) is 59.5 Å². The summed E-state index contributed by atoms with van der Waals surface area (Å²) < 4.78 is 5.17. The van der Waals surface area contributed by atoms with E-state index in [2.05, 4.69) is 29.2 Å². The number of nitrogens with zero attached hydrogens (tertiary/aromatic N) is 2. The highest BCUT2D eigenvalue weighted by atomic mass is 16.3. The summed E-state index contributed by atoms with van der Waals surface area (Å²) in [6.07, 6.45) is 6.28. The molecule has 1 saturated heterocycles. The molecule has 4 nitrogen and oxygen atoms in total. The van der Waals surface area contributed by atoms with E-state index in [-0.39, 0.29) is 5.41 Å². The number of benzene rings is 1. The molecular formula is C20H24N2O2. The lowest BCUT2D eigenvalue weighted by atomic mass is 9.73. The average Bonchev–Trinajstić information content (AvgIpc) is 3.07. The van der Waals surface area contributed by atoms with E-state index >= 15 is 0 Å². The Bertz CT molecular complexity index is 715. The first-order valence-electron chi connectivity index (χ1n) is 8.72. The minimum absolute atomic E-state index is 0.228. The summed E-state index contributed by atoms with van der Waals surface area (Å²) in [5.74, 6) is 0.321. The van der Waals surface area contributed by atoms with E-state index in [1.807, 2.05) is 24.3 Å². The van der Waals surface area contributed by atoms with Crippen molar-refractivity contribution in [1.29, 1.82) is 0 Å². The van der Waals surface area contributed by atoms with Crippen LogP contribution in [0, 0.1) is 5.41 Å². The van der Waals surface area contributed by atoms with Crippen LogP contribution in [0.15, 0.2) is 47.3 Å². The van der Waals surface area contributed by atoms with Crippen molar-refractivity contribution in [1.82, 2.24) is 9.80 Å². The van der Waals surface area contributed by atoms with Gasteiger partial charge in [0.15, 0.2) is 0 Å². The third-order valence-corrected chi connectivity index (χ3v) is 5.65. The molecule has 1 fully saturated rings. The summed E-state index contributed by atoms with van der Waals surface area (Å²) in [5, 5.41) is 0. The van der Waals surface area contributed by atoms with Crippen LogP contribution in [0.4, 0.5) is 0 Å². The van der Waals surface area contributed by atoms with Crippen LogP contribution in [0.5, 0.6) is 0 Å². The van der Waals surface area contributed by atoms with Crippen LogP contribution in [0.1, 0.15) is 29.5 Å². The number of rotatable bonds is 2. The second kappa shape index (κ2) is 6.10. The highest BCUT2D eigenvalue weighted by Crippen LogP contribution is 2.40. The number of likely N-dealkylation sites (tertiary alicyclic amines) is 1. The van der Waals surface area contributed by atoms with Gasteiger partial charge in [-0.1, -0.05) is 24.3 Å². The Kier molecular flexibility index (Phi) is 3.93. The van der Waals surface area contributed by atoms with Crippen LogP contribution < -0.4 is 0 Å². The predicted molar refractivity (Wildman–Crippen MR) is 92.3 cm³/mol. The molecule has 3 heterocycles. The number of carbonyl (C=O) groups is 1. The second-order valence-corrected chi connectivity index (χ2v) is 7.29. The van der Waals surface area contributed by atoms with Gasteiger partial charge in [-0.15, -0.1) is 0 Å². The van der Waals surface area contributed by atoms with Crippen LogP contribution in [-0.4, -0.2) is 35.8 Å². The molecule has 0 unspecified atom stereocenters. The van der Waals surface area contributed by atoms with Gasteiger partial charge in [-0.3, -0.25) is 9.69 Å². The van der Waals surface area contributed by atoms with E-state index in [0.29, 0.717) is 5.91 Å². The summed E-state index contributed by atoms with van der Waals surface area (Å²) in [7, 11) is 1.95. The van der Waals surface area contributed by atoms with Crippen molar-refractivity contribution in [2.75, 3.05) is 20.1 Å². The minimum atomic E-state index is -0.228. The monoisotopic (exact) mass is 324 g/mol. The van der Waals surface area contributed by atoms with Gasteiger partial charge in [0.2, 0.25) is 5.91 Å². The van der Waals surface area contributed by atoms with Gasteiger partial charge in [-0.05, 0) is 49.5 Å². The summed E-state index contributed by atoms with van der Waals surface area (Å²) in [6, 6.07) is 10.5. The molecule has 126 valence electrons. The van der Waals surface area contributed by atoms with Crippen molar-refractivity contribution >= 4 is 5.91 Å². The third-order valence-electron chi connectivity index (χ3n) is 5.65. The molecule has 0 saturated carbocycles. The van der Waals surface area contributed by atoms with Crippen LogP contribution >= 0.6 is 0 Å². The summed E-state index contributed by atoms with van der Waals surface area (Å²) in [6.45, 7) is 3.57. The molecule has 0 N–H and O–H groups in total. The predicted octanol–water partition coefficient (Wildman–Crippen LogP) is 3.08. The largest absolute Gasteiger partial charge is 0.472 e. The molecule has 2 aliphatic heterocycles.